The van der Waals surface area contributed by atoms with E-state index in [9.17, 15) is 9.59 Å². The molecule has 4 rings (SSSR count). The molecular weight excluding hydrogens is 424 g/mol. The zero-order chi connectivity index (χ0) is 23.8. The van der Waals surface area contributed by atoms with Gasteiger partial charge in [-0.15, -0.1) is 0 Å². The Hall–Kier alpha value is -3.44. The van der Waals surface area contributed by atoms with E-state index in [1.165, 1.54) is 19.3 Å². The molecule has 34 heavy (non-hydrogen) atoms. The van der Waals surface area contributed by atoms with Crippen LogP contribution in [-0.4, -0.2) is 24.5 Å². The van der Waals surface area contributed by atoms with Gasteiger partial charge in [-0.25, -0.2) is 0 Å². The summed E-state index contributed by atoms with van der Waals surface area (Å²) in [6.45, 7) is 1.81. The third kappa shape index (κ3) is 6.33. The molecule has 0 heterocycles. The van der Waals surface area contributed by atoms with Crippen LogP contribution in [0.5, 0.6) is 0 Å². The van der Waals surface area contributed by atoms with Crippen LogP contribution >= 0.6 is 0 Å². The number of benzene rings is 3. The first-order valence-corrected chi connectivity index (χ1v) is 12.0. The zero-order valence-corrected chi connectivity index (χ0v) is 19.6. The van der Waals surface area contributed by atoms with Crippen LogP contribution < -0.4 is 10.6 Å². The van der Waals surface area contributed by atoms with Gasteiger partial charge in [0.15, 0.2) is 0 Å². The van der Waals surface area contributed by atoms with Crippen molar-refractivity contribution >= 4 is 17.5 Å². The Bertz CT molecular complexity index is 1050. The first-order valence-electron chi connectivity index (χ1n) is 12.0. The number of rotatable bonds is 8. The van der Waals surface area contributed by atoms with Crippen LogP contribution in [0.25, 0.3) is 0 Å². The minimum atomic E-state index is -0.333. The van der Waals surface area contributed by atoms with Crippen molar-refractivity contribution in [3.8, 4) is 0 Å². The maximum atomic E-state index is 12.7. The number of aryl methyl sites for hydroxylation is 1. The van der Waals surface area contributed by atoms with Gasteiger partial charge in [0.2, 0.25) is 5.91 Å². The highest BCUT2D eigenvalue weighted by atomic mass is 16.5. The summed E-state index contributed by atoms with van der Waals surface area (Å²) in [6, 6.07) is 25.4. The number of carbonyl (C=O) groups is 2. The average molecular weight is 457 g/mol. The van der Waals surface area contributed by atoms with Gasteiger partial charge in [-0.3, -0.25) is 9.59 Å². The monoisotopic (exact) mass is 456 g/mol. The molecule has 176 valence electrons. The molecule has 0 aliphatic heterocycles. The molecule has 1 aliphatic rings. The van der Waals surface area contributed by atoms with Crippen LogP contribution in [-0.2, 0) is 9.53 Å². The van der Waals surface area contributed by atoms with Crippen LogP contribution in [0.1, 0.15) is 65.3 Å². The highest BCUT2D eigenvalue weighted by Gasteiger charge is 2.19. The molecule has 0 saturated heterocycles. The number of hydrogen-bond donors (Lipinski definition) is 2. The molecule has 3 aromatic rings. The van der Waals surface area contributed by atoms with E-state index >= 15 is 0 Å². The van der Waals surface area contributed by atoms with Crippen molar-refractivity contribution < 1.29 is 14.3 Å². The van der Waals surface area contributed by atoms with E-state index < -0.39 is 0 Å². The normalized spacial score (nSPS) is 14.1. The van der Waals surface area contributed by atoms with Crippen molar-refractivity contribution in [2.24, 2.45) is 0 Å². The summed E-state index contributed by atoms with van der Waals surface area (Å²) in [7, 11) is 0. The predicted octanol–water partition coefficient (Wildman–Crippen LogP) is 5.80. The lowest BCUT2D eigenvalue weighted by molar-refractivity contribution is -0.121. The summed E-state index contributed by atoms with van der Waals surface area (Å²) in [6.07, 6.45) is 5.36. The molecular formula is C29H32N2O3. The number of anilines is 1. The summed E-state index contributed by atoms with van der Waals surface area (Å²) < 4.78 is 6.06. The predicted molar refractivity (Wildman–Crippen MR) is 135 cm³/mol. The molecule has 5 nitrogen and oxygen atoms in total. The Morgan fingerprint density at radius 2 is 1.50 bits per heavy atom. The maximum Gasteiger partial charge on any atom is 0.251 e. The van der Waals surface area contributed by atoms with E-state index in [0.717, 1.165) is 29.5 Å². The lowest BCUT2D eigenvalue weighted by Crippen LogP contribution is -2.36. The number of amides is 2. The van der Waals surface area contributed by atoms with E-state index in [2.05, 4.69) is 10.6 Å². The first kappa shape index (κ1) is 23.7. The number of carbonyl (C=O) groups excluding carboxylic acids is 2. The van der Waals surface area contributed by atoms with Gasteiger partial charge in [0, 0.05) is 17.3 Å². The van der Waals surface area contributed by atoms with Gasteiger partial charge >= 0.3 is 0 Å². The minimum Gasteiger partial charge on any atom is -0.359 e. The summed E-state index contributed by atoms with van der Waals surface area (Å²) in [4.78, 5) is 25.3. The lowest BCUT2D eigenvalue weighted by Gasteiger charge is -2.23. The third-order valence-electron chi connectivity index (χ3n) is 6.29. The fourth-order valence-corrected chi connectivity index (χ4v) is 4.45. The summed E-state index contributed by atoms with van der Waals surface area (Å²) >= 11 is 0. The molecule has 0 atom stereocenters. The molecule has 3 aromatic carbocycles. The SMILES string of the molecule is Cc1cc(C(=O)NC2CCCCC2)ccc1NC(=O)COC(c1ccccc1)c1ccccc1. The van der Waals surface area contributed by atoms with Crippen molar-refractivity contribution in [1.82, 2.24) is 5.32 Å². The Balaban J connectivity index is 1.37. The average Bonchev–Trinajstić information content (AvgIpc) is 2.87. The van der Waals surface area contributed by atoms with Crippen molar-refractivity contribution in [2.45, 2.75) is 51.2 Å². The summed E-state index contributed by atoms with van der Waals surface area (Å²) in [5.74, 6) is -0.288. The van der Waals surface area contributed by atoms with Crippen molar-refractivity contribution in [2.75, 3.05) is 11.9 Å². The van der Waals surface area contributed by atoms with Crippen LogP contribution in [0.15, 0.2) is 78.9 Å². The highest BCUT2D eigenvalue weighted by Crippen LogP contribution is 2.26. The fourth-order valence-electron chi connectivity index (χ4n) is 4.45. The molecule has 1 saturated carbocycles. The Kier molecular flexibility index (Phi) is 8.10. The zero-order valence-electron chi connectivity index (χ0n) is 19.6. The number of hydrogen-bond acceptors (Lipinski definition) is 3. The van der Waals surface area contributed by atoms with E-state index in [4.69, 9.17) is 4.74 Å². The fraction of sp³-hybridized carbons (Fsp3) is 0.310. The number of nitrogens with one attached hydrogen (secondary N) is 2. The molecule has 0 spiro atoms. The maximum absolute atomic E-state index is 12.7. The number of ether oxygens (including phenoxy) is 1. The van der Waals surface area contributed by atoms with Gasteiger partial charge in [-0.1, -0.05) is 79.9 Å². The quantitative estimate of drug-likeness (QED) is 0.450. The highest BCUT2D eigenvalue weighted by molar-refractivity contribution is 5.97. The molecule has 2 amide bonds. The molecule has 5 heteroatoms. The van der Waals surface area contributed by atoms with E-state index in [1.54, 1.807) is 12.1 Å². The largest absolute Gasteiger partial charge is 0.359 e. The van der Waals surface area contributed by atoms with Gasteiger partial charge in [0.25, 0.3) is 5.91 Å². The molecule has 1 fully saturated rings. The Morgan fingerprint density at radius 3 is 2.09 bits per heavy atom. The van der Waals surface area contributed by atoms with Crippen molar-refractivity contribution in [3.63, 3.8) is 0 Å². The topological polar surface area (TPSA) is 67.4 Å². The van der Waals surface area contributed by atoms with E-state index in [0.29, 0.717) is 11.3 Å². The molecule has 1 aliphatic carbocycles. The van der Waals surface area contributed by atoms with E-state index in [1.807, 2.05) is 73.7 Å². The first-order chi connectivity index (χ1) is 16.6. The summed E-state index contributed by atoms with van der Waals surface area (Å²) in [5.41, 5.74) is 4.12. The second-order valence-electron chi connectivity index (χ2n) is 8.90. The van der Waals surface area contributed by atoms with Gasteiger partial charge in [-0.2, -0.15) is 0 Å². The lowest BCUT2D eigenvalue weighted by atomic mass is 9.95. The third-order valence-corrected chi connectivity index (χ3v) is 6.29. The molecule has 2 N–H and O–H groups in total. The van der Waals surface area contributed by atoms with Crippen molar-refractivity contribution in [1.29, 1.82) is 0 Å². The van der Waals surface area contributed by atoms with Gasteiger partial charge in [0.05, 0.1) is 0 Å². The smallest absolute Gasteiger partial charge is 0.251 e. The standard InChI is InChI=1S/C29H32N2O3/c1-21-19-24(29(33)30-25-15-9-4-10-16-25)17-18-26(21)31-27(32)20-34-28(22-11-5-2-6-12-22)23-13-7-3-8-14-23/h2-3,5-8,11-14,17-19,25,28H,4,9-10,15-16,20H2,1H3,(H,30,33)(H,31,32). The van der Waals surface area contributed by atoms with Crippen LogP contribution in [0, 0.1) is 6.92 Å². The second kappa shape index (κ2) is 11.6. The van der Waals surface area contributed by atoms with Gasteiger partial charge < -0.3 is 15.4 Å². The minimum absolute atomic E-state index is 0.0511. The van der Waals surface area contributed by atoms with Crippen LogP contribution in [0.2, 0.25) is 0 Å². The van der Waals surface area contributed by atoms with Crippen molar-refractivity contribution in [3.05, 3.63) is 101 Å². The summed E-state index contributed by atoms with van der Waals surface area (Å²) in [5, 5.41) is 6.06. The van der Waals surface area contributed by atoms with Gasteiger partial charge in [-0.05, 0) is 54.7 Å². The molecule has 0 bridgehead atoms. The molecule has 0 unspecified atom stereocenters. The Labute approximate surface area is 201 Å². The van der Waals surface area contributed by atoms with Crippen LogP contribution in [0.3, 0.4) is 0 Å². The Morgan fingerprint density at radius 1 is 0.882 bits per heavy atom. The van der Waals surface area contributed by atoms with E-state index in [-0.39, 0.29) is 30.6 Å². The van der Waals surface area contributed by atoms with Gasteiger partial charge in [0.1, 0.15) is 12.7 Å². The molecule has 0 aromatic heterocycles. The molecule has 0 radical (unpaired) electrons. The second-order valence-corrected chi connectivity index (χ2v) is 8.90. The van der Waals surface area contributed by atoms with Crippen LogP contribution in [0.4, 0.5) is 5.69 Å².